The van der Waals surface area contributed by atoms with Crippen molar-refractivity contribution in [3.05, 3.63) is 0 Å². The van der Waals surface area contributed by atoms with Crippen molar-refractivity contribution in [2.75, 3.05) is 0 Å². The lowest BCUT2D eigenvalue weighted by Crippen LogP contribution is -2.31. The van der Waals surface area contributed by atoms with E-state index in [1.54, 1.807) is 0 Å². The molecule has 0 heterocycles. The summed E-state index contributed by atoms with van der Waals surface area (Å²) in [5.74, 6) is 2.53. The van der Waals surface area contributed by atoms with Crippen molar-refractivity contribution in [2.24, 2.45) is 23.2 Å². The molecule has 0 fully saturated rings. The molecule has 0 aromatic rings. The van der Waals surface area contributed by atoms with Gasteiger partial charge in [0.25, 0.3) is 0 Å². The topological polar surface area (TPSA) is 0 Å². The van der Waals surface area contributed by atoms with Crippen LogP contribution in [0.1, 0.15) is 61.3 Å². The Morgan fingerprint density at radius 3 is 1.69 bits per heavy atom. The Kier molecular flexibility index (Phi) is 5.02. The second-order valence-electron chi connectivity index (χ2n) is 5.90. The molecule has 0 saturated carbocycles. The molecule has 0 radical (unpaired) electrons. The fraction of sp³-hybridized carbons (Fsp3) is 1.00. The maximum absolute atomic E-state index is 2.42. The van der Waals surface area contributed by atoms with E-state index >= 15 is 0 Å². The van der Waals surface area contributed by atoms with Crippen molar-refractivity contribution >= 4 is 0 Å². The number of hydrogen-bond donors (Lipinski definition) is 0. The van der Waals surface area contributed by atoms with E-state index in [0.717, 1.165) is 17.8 Å². The van der Waals surface area contributed by atoms with Gasteiger partial charge in [-0.1, -0.05) is 61.3 Å². The molecule has 2 atom stereocenters. The van der Waals surface area contributed by atoms with E-state index in [4.69, 9.17) is 0 Å². The van der Waals surface area contributed by atoms with Crippen LogP contribution in [0.2, 0.25) is 0 Å². The molecule has 0 N–H and O–H groups in total. The van der Waals surface area contributed by atoms with Gasteiger partial charge in [0.1, 0.15) is 0 Å². The summed E-state index contributed by atoms with van der Waals surface area (Å²) >= 11 is 0. The van der Waals surface area contributed by atoms with Crippen molar-refractivity contribution in [1.29, 1.82) is 0 Å². The molecular formula is C13H28. The predicted molar refractivity (Wildman–Crippen MR) is 61.9 cm³/mol. The van der Waals surface area contributed by atoms with Crippen molar-refractivity contribution in [1.82, 2.24) is 0 Å². The zero-order valence-corrected chi connectivity index (χ0v) is 10.6. The van der Waals surface area contributed by atoms with E-state index in [-0.39, 0.29) is 0 Å². The molecule has 0 amide bonds. The summed E-state index contributed by atoms with van der Waals surface area (Å²) < 4.78 is 0. The average Bonchev–Trinajstić information content (AvgIpc) is 1.82. The molecule has 0 aromatic carbocycles. The molecule has 0 rings (SSSR count). The Labute approximate surface area is 85.1 Å². The van der Waals surface area contributed by atoms with Gasteiger partial charge in [-0.2, -0.15) is 0 Å². The van der Waals surface area contributed by atoms with Crippen LogP contribution < -0.4 is 0 Å². The van der Waals surface area contributed by atoms with Gasteiger partial charge in [0.05, 0.1) is 0 Å². The second-order valence-corrected chi connectivity index (χ2v) is 5.90. The highest BCUT2D eigenvalue weighted by Gasteiger charge is 2.31. The van der Waals surface area contributed by atoms with Crippen molar-refractivity contribution in [3.8, 4) is 0 Å². The van der Waals surface area contributed by atoms with Crippen LogP contribution in [0.4, 0.5) is 0 Å². The first kappa shape index (κ1) is 13.0. The van der Waals surface area contributed by atoms with Gasteiger partial charge in [-0.3, -0.25) is 0 Å². The highest BCUT2D eigenvalue weighted by Crippen LogP contribution is 2.39. The molecule has 0 aromatic heterocycles. The highest BCUT2D eigenvalue weighted by atomic mass is 14.4. The van der Waals surface area contributed by atoms with Gasteiger partial charge < -0.3 is 0 Å². The van der Waals surface area contributed by atoms with Gasteiger partial charge in [0.15, 0.2) is 0 Å². The summed E-state index contributed by atoms with van der Waals surface area (Å²) in [6.45, 7) is 16.6. The van der Waals surface area contributed by atoms with Gasteiger partial charge in [0, 0.05) is 0 Å². The maximum atomic E-state index is 2.42. The summed E-state index contributed by atoms with van der Waals surface area (Å²) in [5, 5.41) is 0. The fourth-order valence-corrected chi connectivity index (χ4v) is 3.15. The molecule has 2 unspecified atom stereocenters. The Bertz CT molecular complexity index is 127. The standard InChI is InChI=1S/C13H28/c1-8-9-11(4)12(10(2)3)13(5,6)7/h10-12H,8-9H2,1-7H3. The van der Waals surface area contributed by atoms with Crippen LogP contribution in [0, 0.1) is 23.2 Å². The van der Waals surface area contributed by atoms with Crippen LogP contribution in [0.15, 0.2) is 0 Å². The normalized spacial score (nSPS) is 17.5. The van der Waals surface area contributed by atoms with E-state index in [2.05, 4.69) is 48.5 Å². The number of rotatable bonds is 4. The third-order valence-electron chi connectivity index (χ3n) is 3.08. The van der Waals surface area contributed by atoms with E-state index in [1.807, 2.05) is 0 Å². The fourth-order valence-electron chi connectivity index (χ4n) is 3.15. The molecule has 80 valence electrons. The minimum atomic E-state index is 0.461. The molecular weight excluding hydrogens is 156 g/mol. The first-order valence-electron chi connectivity index (χ1n) is 5.80. The lowest BCUT2D eigenvalue weighted by Gasteiger charge is -2.38. The third-order valence-corrected chi connectivity index (χ3v) is 3.08. The average molecular weight is 184 g/mol. The van der Waals surface area contributed by atoms with Crippen LogP contribution in [-0.4, -0.2) is 0 Å². The molecule has 0 aliphatic heterocycles. The van der Waals surface area contributed by atoms with E-state index in [1.165, 1.54) is 12.8 Å². The highest BCUT2D eigenvalue weighted by molar-refractivity contribution is 4.80. The minimum absolute atomic E-state index is 0.461. The van der Waals surface area contributed by atoms with E-state index < -0.39 is 0 Å². The van der Waals surface area contributed by atoms with Crippen LogP contribution in [-0.2, 0) is 0 Å². The van der Waals surface area contributed by atoms with E-state index in [0.29, 0.717) is 5.41 Å². The quantitative estimate of drug-likeness (QED) is 0.592. The molecule has 0 aliphatic rings. The Hall–Kier alpha value is 0. The van der Waals surface area contributed by atoms with E-state index in [9.17, 15) is 0 Å². The Morgan fingerprint density at radius 2 is 1.46 bits per heavy atom. The van der Waals surface area contributed by atoms with Gasteiger partial charge in [-0.05, 0) is 23.2 Å². The molecule has 0 heteroatoms. The van der Waals surface area contributed by atoms with Gasteiger partial charge in [-0.25, -0.2) is 0 Å². The third kappa shape index (κ3) is 4.15. The van der Waals surface area contributed by atoms with Gasteiger partial charge >= 0.3 is 0 Å². The predicted octanol–water partition coefficient (Wildman–Crippen LogP) is 4.74. The zero-order chi connectivity index (χ0) is 10.6. The van der Waals surface area contributed by atoms with Crippen molar-refractivity contribution < 1.29 is 0 Å². The SMILES string of the molecule is CCCC(C)C(C(C)C)C(C)(C)C. The smallest absolute Gasteiger partial charge is 0.0316 e. The lowest BCUT2D eigenvalue weighted by atomic mass is 9.67. The Balaban J connectivity index is 4.42. The second kappa shape index (κ2) is 5.02. The molecule has 0 spiro atoms. The zero-order valence-electron chi connectivity index (χ0n) is 10.6. The van der Waals surface area contributed by atoms with Crippen LogP contribution in [0.5, 0.6) is 0 Å². The van der Waals surface area contributed by atoms with Gasteiger partial charge in [-0.15, -0.1) is 0 Å². The van der Waals surface area contributed by atoms with Crippen molar-refractivity contribution in [3.63, 3.8) is 0 Å². The molecule has 0 aliphatic carbocycles. The number of hydrogen-bond acceptors (Lipinski definition) is 0. The lowest BCUT2D eigenvalue weighted by molar-refractivity contribution is 0.108. The summed E-state index contributed by atoms with van der Waals surface area (Å²) in [7, 11) is 0. The molecule has 0 nitrogen and oxygen atoms in total. The first-order valence-corrected chi connectivity index (χ1v) is 5.80. The van der Waals surface area contributed by atoms with Crippen LogP contribution in [0.25, 0.3) is 0 Å². The van der Waals surface area contributed by atoms with Gasteiger partial charge in [0.2, 0.25) is 0 Å². The molecule has 13 heavy (non-hydrogen) atoms. The van der Waals surface area contributed by atoms with Crippen molar-refractivity contribution in [2.45, 2.75) is 61.3 Å². The molecule has 0 bridgehead atoms. The molecule has 0 saturated heterocycles. The summed E-state index contributed by atoms with van der Waals surface area (Å²) in [5.41, 5.74) is 0.461. The minimum Gasteiger partial charge on any atom is -0.0654 e. The van der Waals surface area contributed by atoms with Crippen LogP contribution >= 0.6 is 0 Å². The summed E-state index contributed by atoms with van der Waals surface area (Å²) in [6.07, 6.45) is 2.70. The Morgan fingerprint density at radius 1 is 1.00 bits per heavy atom. The monoisotopic (exact) mass is 184 g/mol. The summed E-state index contributed by atoms with van der Waals surface area (Å²) in [6, 6.07) is 0. The largest absolute Gasteiger partial charge is 0.0654 e. The maximum Gasteiger partial charge on any atom is -0.0316 e. The first-order chi connectivity index (χ1) is 5.80. The van der Waals surface area contributed by atoms with Crippen LogP contribution in [0.3, 0.4) is 0 Å². The summed E-state index contributed by atoms with van der Waals surface area (Å²) in [4.78, 5) is 0.